The molecule has 0 amide bonds. The molecule has 252 valence electrons. The Balaban J connectivity index is 1.11. The van der Waals surface area contributed by atoms with E-state index in [1.807, 2.05) is 0 Å². The highest BCUT2D eigenvalue weighted by Gasteiger charge is 2.52. The van der Waals surface area contributed by atoms with Crippen LogP contribution in [0.15, 0.2) is 212 Å². The Morgan fingerprint density at radius 1 is 0.296 bits per heavy atom. The topological polar surface area (TPSA) is 3.24 Å². The highest BCUT2D eigenvalue weighted by molar-refractivity contribution is 6.04. The number of hydrogen-bond acceptors (Lipinski definition) is 1. The van der Waals surface area contributed by atoms with E-state index in [1.54, 1.807) is 0 Å². The average molecular weight is 686 g/mol. The second kappa shape index (κ2) is 12.0. The van der Waals surface area contributed by atoms with Crippen molar-refractivity contribution in [1.29, 1.82) is 0 Å². The highest BCUT2D eigenvalue weighted by atomic mass is 15.1. The lowest BCUT2D eigenvalue weighted by atomic mass is 9.69. The zero-order chi connectivity index (χ0) is 35.6. The fraction of sp³-hybridized carbons (Fsp3) is 0.0189. The van der Waals surface area contributed by atoms with E-state index in [1.165, 1.54) is 77.5 Å². The van der Waals surface area contributed by atoms with Crippen molar-refractivity contribution in [2.75, 3.05) is 4.90 Å². The average Bonchev–Trinajstić information content (AvgIpc) is 3.72. The van der Waals surface area contributed by atoms with E-state index in [4.69, 9.17) is 0 Å². The smallest absolute Gasteiger partial charge is 0.0731 e. The molecule has 11 rings (SSSR count). The van der Waals surface area contributed by atoms with E-state index >= 15 is 0 Å². The first-order chi connectivity index (χ1) is 26.8. The van der Waals surface area contributed by atoms with Crippen LogP contribution in [0.3, 0.4) is 0 Å². The fourth-order valence-electron chi connectivity index (χ4n) is 9.37. The van der Waals surface area contributed by atoms with Crippen LogP contribution in [0, 0.1) is 0 Å². The number of fused-ring (bicyclic) bond motifs is 12. The molecule has 9 aromatic rings. The summed E-state index contributed by atoms with van der Waals surface area (Å²) in [4.78, 5) is 2.39. The third-order valence-corrected chi connectivity index (χ3v) is 11.7. The number of hydrogen-bond donors (Lipinski definition) is 0. The minimum Gasteiger partial charge on any atom is -0.310 e. The quantitative estimate of drug-likeness (QED) is 0.174. The second-order valence-electron chi connectivity index (χ2n) is 14.4. The Morgan fingerprint density at radius 2 is 0.704 bits per heavy atom. The van der Waals surface area contributed by atoms with Crippen LogP contribution >= 0.6 is 0 Å². The molecule has 1 nitrogen and oxygen atoms in total. The molecule has 1 spiro atoms. The summed E-state index contributed by atoms with van der Waals surface area (Å²) in [5.74, 6) is 0. The summed E-state index contributed by atoms with van der Waals surface area (Å²) in [6, 6.07) is 78.1. The molecule has 0 unspecified atom stereocenters. The van der Waals surface area contributed by atoms with Crippen LogP contribution in [0.5, 0.6) is 0 Å². The van der Waals surface area contributed by atoms with Gasteiger partial charge in [-0.25, -0.2) is 0 Å². The van der Waals surface area contributed by atoms with Gasteiger partial charge in [0.25, 0.3) is 0 Å². The Kier molecular flexibility index (Phi) is 6.84. The Hall–Kier alpha value is -6.96. The highest BCUT2D eigenvalue weighted by Crippen LogP contribution is 2.64. The van der Waals surface area contributed by atoms with Crippen molar-refractivity contribution < 1.29 is 0 Å². The Morgan fingerprint density at radius 3 is 1.20 bits per heavy atom. The van der Waals surface area contributed by atoms with Gasteiger partial charge in [0.1, 0.15) is 0 Å². The van der Waals surface area contributed by atoms with E-state index in [0.717, 1.165) is 17.1 Å². The summed E-state index contributed by atoms with van der Waals surface area (Å²) in [5, 5.41) is 2.52. The van der Waals surface area contributed by atoms with Crippen molar-refractivity contribution in [1.82, 2.24) is 0 Å². The summed E-state index contributed by atoms with van der Waals surface area (Å²) in [6.45, 7) is 0. The van der Waals surface area contributed by atoms with E-state index in [2.05, 4.69) is 217 Å². The zero-order valence-electron chi connectivity index (χ0n) is 29.7. The van der Waals surface area contributed by atoms with Gasteiger partial charge < -0.3 is 4.90 Å². The summed E-state index contributed by atoms with van der Waals surface area (Å²) >= 11 is 0. The van der Waals surface area contributed by atoms with Crippen LogP contribution in [0.25, 0.3) is 55.3 Å². The molecule has 0 heterocycles. The molecule has 0 atom stereocenters. The predicted octanol–water partition coefficient (Wildman–Crippen LogP) is 14.0. The van der Waals surface area contributed by atoms with Crippen LogP contribution in [0.4, 0.5) is 17.1 Å². The van der Waals surface area contributed by atoms with Crippen LogP contribution < -0.4 is 4.90 Å². The molecule has 0 aromatic heterocycles. The maximum absolute atomic E-state index is 2.39. The molecular weight excluding hydrogens is 651 g/mol. The van der Waals surface area contributed by atoms with Gasteiger partial charge in [-0.1, -0.05) is 176 Å². The lowest BCUT2D eigenvalue weighted by Crippen LogP contribution is -2.26. The third kappa shape index (κ3) is 4.45. The van der Waals surface area contributed by atoms with Gasteiger partial charge >= 0.3 is 0 Å². The van der Waals surface area contributed by atoms with Gasteiger partial charge in [-0.05, 0) is 114 Å². The number of benzene rings is 9. The zero-order valence-corrected chi connectivity index (χ0v) is 29.7. The summed E-state index contributed by atoms with van der Waals surface area (Å²) < 4.78 is 0. The van der Waals surface area contributed by atoms with Crippen LogP contribution in [0.2, 0.25) is 0 Å². The maximum Gasteiger partial charge on any atom is 0.0731 e. The molecule has 0 saturated carbocycles. The van der Waals surface area contributed by atoms with Crippen LogP contribution in [-0.2, 0) is 5.41 Å². The molecule has 1 heteroatoms. The third-order valence-electron chi connectivity index (χ3n) is 11.7. The lowest BCUT2D eigenvalue weighted by Gasteiger charge is -2.32. The van der Waals surface area contributed by atoms with Gasteiger partial charge in [-0.2, -0.15) is 0 Å². The van der Waals surface area contributed by atoms with Gasteiger partial charge in [0.15, 0.2) is 0 Å². The normalized spacial score (nSPS) is 13.0. The SMILES string of the molecule is c1ccc(-c2ccc(N(c3ccc(-c4ccccc4)cc3)c3ccc4c5c(ccc4c3)-c3ccccc3C53c4ccccc4-c4ccccc43)cc2)cc1. The van der Waals surface area contributed by atoms with Crippen molar-refractivity contribution >= 4 is 27.8 Å². The fourth-order valence-corrected chi connectivity index (χ4v) is 9.37. The van der Waals surface area contributed by atoms with Crippen LogP contribution in [-0.4, -0.2) is 0 Å². The molecule has 2 aliphatic carbocycles. The van der Waals surface area contributed by atoms with Crippen molar-refractivity contribution in [3.8, 4) is 44.5 Å². The standard InChI is InChI=1S/C53H35N/c1-3-13-36(14-4-1)38-23-28-41(29-24-38)54(42-30-25-39(26-31-42)37-15-5-2-6-16-37)43-32-34-44-40(35-43)27-33-48-47-19-9-12-22-51(47)53(52(44)48)49-20-10-7-17-45(49)46-18-8-11-21-50(46)53/h1-35H. The van der Waals surface area contributed by atoms with Gasteiger partial charge in [-0.3, -0.25) is 0 Å². The second-order valence-corrected chi connectivity index (χ2v) is 14.4. The summed E-state index contributed by atoms with van der Waals surface area (Å²) in [7, 11) is 0. The van der Waals surface area contributed by atoms with Crippen molar-refractivity contribution in [3.63, 3.8) is 0 Å². The monoisotopic (exact) mass is 685 g/mol. The predicted molar refractivity (Wildman–Crippen MR) is 226 cm³/mol. The molecule has 0 aliphatic heterocycles. The Bertz CT molecular complexity index is 2710. The molecule has 0 N–H and O–H groups in total. The number of anilines is 3. The molecule has 0 fully saturated rings. The summed E-state index contributed by atoms with van der Waals surface area (Å²) in [5.41, 5.74) is 18.6. The van der Waals surface area contributed by atoms with Crippen LogP contribution in [0.1, 0.15) is 22.3 Å². The number of rotatable bonds is 5. The van der Waals surface area contributed by atoms with Gasteiger partial charge in [0.2, 0.25) is 0 Å². The van der Waals surface area contributed by atoms with E-state index in [-0.39, 0.29) is 5.41 Å². The lowest BCUT2D eigenvalue weighted by molar-refractivity contribution is 0.801. The van der Waals surface area contributed by atoms with E-state index in [9.17, 15) is 0 Å². The summed E-state index contributed by atoms with van der Waals surface area (Å²) in [6.07, 6.45) is 0. The van der Waals surface area contributed by atoms with Crippen molar-refractivity contribution in [2.24, 2.45) is 0 Å². The molecule has 0 bridgehead atoms. The molecule has 0 saturated heterocycles. The first kappa shape index (κ1) is 30.6. The van der Waals surface area contributed by atoms with Crippen molar-refractivity contribution in [3.05, 3.63) is 235 Å². The first-order valence-electron chi connectivity index (χ1n) is 18.8. The molecule has 0 radical (unpaired) electrons. The van der Waals surface area contributed by atoms with Crippen molar-refractivity contribution in [2.45, 2.75) is 5.41 Å². The van der Waals surface area contributed by atoms with E-state index in [0.29, 0.717) is 0 Å². The molecular formula is C53H35N. The maximum atomic E-state index is 2.39. The molecule has 9 aromatic carbocycles. The largest absolute Gasteiger partial charge is 0.310 e. The Labute approximate surface area is 316 Å². The molecule has 2 aliphatic rings. The molecule has 54 heavy (non-hydrogen) atoms. The van der Waals surface area contributed by atoms with Gasteiger partial charge in [-0.15, -0.1) is 0 Å². The minimum atomic E-state index is -0.389. The minimum absolute atomic E-state index is 0.389. The first-order valence-corrected chi connectivity index (χ1v) is 18.8. The van der Waals surface area contributed by atoms with E-state index < -0.39 is 0 Å². The van der Waals surface area contributed by atoms with Gasteiger partial charge in [0.05, 0.1) is 5.41 Å². The van der Waals surface area contributed by atoms with Gasteiger partial charge in [0, 0.05) is 17.1 Å². The number of nitrogens with zero attached hydrogens (tertiary/aromatic N) is 1.